The van der Waals surface area contributed by atoms with E-state index in [-0.39, 0.29) is 12.5 Å². The maximum atomic E-state index is 12.1. The molecule has 2 aromatic rings. The number of nitrogens with one attached hydrogen (secondary N) is 2. The van der Waals surface area contributed by atoms with Gasteiger partial charge in [0.15, 0.2) is 0 Å². The number of nitrogens with zero attached hydrogens (tertiary/aromatic N) is 2. The number of rotatable bonds is 5. The van der Waals surface area contributed by atoms with Gasteiger partial charge in [-0.15, -0.1) is 5.11 Å². The highest BCUT2D eigenvalue weighted by molar-refractivity contribution is 5.97. The van der Waals surface area contributed by atoms with E-state index in [9.17, 15) is 14.4 Å². The average molecular weight is 366 g/mol. The van der Waals surface area contributed by atoms with E-state index in [1.165, 1.54) is 0 Å². The zero-order valence-corrected chi connectivity index (χ0v) is 14.6. The van der Waals surface area contributed by atoms with Crippen molar-refractivity contribution in [2.24, 2.45) is 10.2 Å². The summed E-state index contributed by atoms with van der Waals surface area (Å²) in [4.78, 5) is 35.4. The molecule has 0 saturated carbocycles. The summed E-state index contributed by atoms with van der Waals surface area (Å²) >= 11 is 0. The molecule has 1 heterocycles. The van der Waals surface area contributed by atoms with Crippen LogP contribution in [0, 0.1) is 0 Å². The Kier molecular flexibility index (Phi) is 5.55. The Hall–Kier alpha value is -3.55. The van der Waals surface area contributed by atoms with Crippen LogP contribution < -0.4 is 10.6 Å². The van der Waals surface area contributed by atoms with E-state index < -0.39 is 18.0 Å². The largest absolute Gasteiger partial charge is 0.462 e. The second-order valence-electron chi connectivity index (χ2n) is 5.76. The van der Waals surface area contributed by atoms with Crippen molar-refractivity contribution in [3.63, 3.8) is 0 Å². The third kappa shape index (κ3) is 4.35. The summed E-state index contributed by atoms with van der Waals surface area (Å²) in [7, 11) is 0. The van der Waals surface area contributed by atoms with Gasteiger partial charge >= 0.3 is 12.0 Å². The Morgan fingerprint density at radius 2 is 1.85 bits per heavy atom. The average Bonchev–Trinajstić information content (AvgIpc) is 2.68. The highest BCUT2D eigenvalue weighted by Gasteiger charge is 2.23. The molecule has 0 aliphatic carbocycles. The number of azo groups is 1. The van der Waals surface area contributed by atoms with Gasteiger partial charge in [-0.3, -0.25) is 4.79 Å². The number of fused-ring (bicyclic) bond motifs is 1. The van der Waals surface area contributed by atoms with Crippen LogP contribution in [0.1, 0.15) is 39.2 Å². The van der Waals surface area contributed by atoms with Gasteiger partial charge in [0.1, 0.15) is 6.04 Å². The standard InChI is InChI=1S/C19H18N4O4/c1-2-27-18(25)12-7-9-13(10-8-12)21-19(26)20-11-16-14-5-3-4-6-15(14)17(24)23-22-16/h3-10,16H,2,11H2,1H3,(H2,20,21,26). The van der Waals surface area contributed by atoms with Crippen LogP contribution in [0.5, 0.6) is 0 Å². The van der Waals surface area contributed by atoms with Crippen LogP contribution in [0.2, 0.25) is 0 Å². The minimum absolute atomic E-state index is 0.195. The third-order valence-corrected chi connectivity index (χ3v) is 3.95. The molecule has 2 aromatic carbocycles. The van der Waals surface area contributed by atoms with Crippen molar-refractivity contribution in [2.45, 2.75) is 13.0 Å². The summed E-state index contributed by atoms with van der Waals surface area (Å²) in [5.74, 6) is -0.794. The van der Waals surface area contributed by atoms with Crippen LogP contribution in [0.15, 0.2) is 58.8 Å². The highest BCUT2D eigenvalue weighted by atomic mass is 16.5. The fourth-order valence-electron chi connectivity index (χ4n) is 2.64. The number of urea groups is 1. The number of anilines is 1. The van der Waals surface area contributed by atoms with Crippen LogP contribution in [0.3, 0.4) is 0 Å². The molecule has 8 heteroatoms. The van der Waals surface area contributed by atoms with Crippen molar-refractivity contribution in [3.05, 3.63) is 65.2 Å². The van der Waals surface area contributed by atoms with Crippen molar-refractivity contribution in [1.82, 2.24) is 5.32 Å². The zero-order valence-electron chi connectivity index (χ0n) is 14.6. The van der Waals surface area contributed by atoms with Gasteiger partial charge in [0.05, 0.1) is 12.2 Å². The molecule has 1 atom stereocenters. The van der Waals surface area contributed by atoms with E-state index in [0.717, 1.165) is 5.56 Å². The van der Waals surface area contributed by atoms with Gasteiger partial charge in [0, 0.05) is 17.8 Å². The number of hydrogen-bond acceptors (Lipinski definition) is 5. The maximum Gasteiger partial charge on any atom is 0.338 e. The van der Waals surface area contributed by atoms with Crippen LogP contribution in [-0.4, -0.2) is 31.1 Å². The highest BCUT2D eigenvalue weighted by Crippen LogP contribution is 2.26. The molecule has 27 heavy (non-hydrogen) atoms. The van der Waals surface area contributed by atoms with Crippen molar-refractivity contribution in [3.8, 4) is 0 Å². The molecule has 0 bridgehead atoms. The molecule has 0 aromatic heterocycles. The first-order valence-corrected chi connectivity index (χ1v) is 8.44. The van der Waals surface area contributed by atoms with Gasteiger partial charge in [-0.25, -0.2) is 9.59 Å². The smallest absolute Gasteiger partial charge is 0.338 e. The molecular weight excluding hydrogens is 348 g/mol. The van der Waals surface area contributed by atoms with Crippen molar-refractivity contribution < 1.29 is 19.1 Å². The molecule has 8 nitrogen and oxygen atoms in total. The Bertz CT molecular complexity index is 893. The third-order valence-electron chi connectivity index (χ3n) is 3.95. The monoisotopic (exact) mass is 366 g/mol. The van der Waals surface area contributed by atoms with Gasteiger partial charge in [0.25, 0.3) is 5.91 Å². The lowest BCUT2D eigenvalue weighted by atomic mass is 9.99. The molecule has 0 radical (unpaired) electrons. The number of esters is 1. The number of benzene rings is 2. The Balaban J connectivity index is 1.57. The lowest BCUT2D eigenvalue weighted by Gasteiger charge is -2.18. The van der Waals surface area contributed by atoms with E-state index in [1.807, 2.05) is 6.07 Å². The second-order valence-corrected chi connectivity index (χ2v) is 5.76. The SMILES string of the molecule is CCOC(=O)c1ccc(NC(=O)NCC2N=NC(=O)c3ccccc32)cc1. The summed E-state index contributed by atoms with van der Waals surface area (Å²) in [5.41, 5.74) is 2.17. The molecule has 138 valence electrons. The molecule has 1 unspecified atom stereocenters. The van der Waals surface area contributed by atoms with Crippen LogP contribution in [0.25, 0.3) is 0 Å². The minimum Gasteiger partial charge on any atom is -0.462 e. The Morgan fingerprint density at radius 1 is 1.11 bits per heavy atom. The van der Waals surface area contributed by atoms with E-state index in [4.69, 9.17) is 4.74 Å². The molecule has 3 amide bonds. The molecule has 1 aliphatic heterocycles. The first-order chi connectivity index (χ1) is 13.1. The van der Waals surface area contributed by atoms with Gasteiger partial charge in [-0.05, 0) is 42.8 Å². The molecule has 1 aliphatic rings. The van der Waals surface area contributed by atoms with Crippen molar-refractivity contribution >= 4 is 23.6 Å². The zero-order chi connectivity index (χ0) is 19.2. The molecule has 3 rings (SSSR count). The predicted molar refractivity (Wildman–Crippen MR) is 97.8 cm³/mol. The van der Waals surface area contributed by atoms with E-state index >= 15 is 0 Å². The molecule has 0 saturated heterocycles. The lowest BCUT2D eigenvalue weighted by molar-refractivity contribution is 0.0526. The summed E-state index contributed by atoms with van der Waals surface area (Å²) in [6.07, 6.45) is 0. The number of amides is 3. The Labute approximate surface area is 155 Å². The summed E-state index contributed by atoms with van der Waals surface area (Å²) in [6.45, 7) is 2.23. The van der Waals surface area contributed by atoms with E-state index in [1.54, 1.807) is 49.4 Å². The summed E-state index contributed by atoms with van der Waals surface area (Å²) in [5, 5.41) is 13.0. The van der Waals surface area contributed by atoms with Crippen molar-refractivity contribution in [1.29, 1.82) is 0 Å². The number of ether oxygens (including phenoxy) is 1. The predicted octanol–water partition coefficient (Wildman–Crippen LogP) is 3.33. The maximum absolute atomic E-state index is 12.1. The summed E-state index contributed by atoms with van der Waals surface area (Å²) in [6, 6.07) is 12.6. The van der Waals surface area contributed by atoms with Crippen LogP contribution in [0.4, 0.5) is 10.5 Å². The topological polar surface area (TPSA) is 109 Å². The van der Waals surface area contributed by atoms with Gasteiger partial charge in [0.2, 0.25) is 0 Å². The Morgan fingerprint density at radius 3 is 2.59 bits per heavy atom. The normalized spacial score (nSPS) is 15.0. The van der Waals surface area contributed by atoms with Crippen molar-refractivity contribution in [2.75, 3.05) is 18.5 Å². The first kappa shape index (κ1) is 18.2. The molecular formula is C19H18N4O4. The fraction of sp³-hybridized carbons (Fsp3) is 0.211. The lowest BCUT2D eigenvalue weighted by Crippen LogP contribution is -2.32. The van der Waals surface area contributed by atoms with Crippen LogP contribution in [-0.2, 0) is 4.74 Å². The van der Waals surface area contributed by atoms with Gasteiger partial charge in [-0.1, -0.05) is 18.2 Å². The molecule has 2 N–H and O–H groups in total. The fourth-order valence-corrected chi connectivity index (χ4v) is 2.64. The second kappa shape index (κ2) is 8.22. The number of carbonyl (C=O) groups is 3. The van der Waals surface area contributed by atoms with Crippen LogP contribution >= 0.6 is 0 Å². The number of hydrogen-bond donors (Lipinski definition) is 2. The summed E-state index contributed by atoms with van der Waals surface area (Å²) < 4.78 is 4.91. The first-order valence-electron chi connectivity index (χ1n) is 8.44. The molecule has 0 fully saturated rings. The molecule has 0 spiro atoms. The quantitative estimate of drug-likeness (QED) is 0.791. The van der Waals surface area contributed by atoms with Gasteiger partial charge < -0.3 is 15.4 Å². The van der Waals surface area contributed by atoms with E-state index in [2.05, 4.69) is 20.9 Å². The number of carbonyl (C=O) groups excluding carboxylic acids is 3. The minimum atomic E-state index is -0.427. The van der Waals surface area contributed by atoms with Gasteiger partial charge in [-0.2, -0.15) is 5.11 Å². The van der Waals surface area contributed by atoms with E-state index in [0.29, 0.717) is 23.4 Å².